The van der Waals surface area contributed by atoms with Gasteiger partial charge in [-0.1, -0.05) is 23.2 Å². The van der Waals surface area contributed by atoms with Gasteiger partial charge >= 0.3 is 0 Å². The summed E-state index contributed by atoms with van der Waals surface area (Å²) in [6.07, 6.45) is 7.93. The van der Waals surface area contributed by atoms with Crippen molar-refractivity contribution >= 4 is 45.6 Å². The number of rotatable bonds is 4. The third-order valence-corrected chi connectivity index (χ3v) is 5.95. The van der Waals surface area contributed by atoms with E-state index in [1.54, 1.807) is 18.3 Å². The average molecular weight is 428 g/mol. The molecular weight excluding hydrogens is 409 g/mol. The lowest BCUT2D eigenvalue weighted by Gasteiger charge is -2.22. The third kappa shape index (κ3) is 3.69. The van der Waals surface area contributed by atoms with Crippen molar-refractivity contribution in [2.45, 2.75) is 18.9 Å². The highest BCUT2D eigenvalue weighted by molar-refractivity contribution is 6.42. The minimum atomic E-state index is 0.439. The third-order valence-electron chi connectivity index (χ3n) is 5.21. The molecule has 4 aromatic rings. The van der Waals surface area contributed by atoms with Gasteiger partial charge in [0.25, 0.3) is 0 Å². The van der Waals surface area contributed by atoms with Crippen LogP contribution in [0.3, 0.4) is 0 Å². The van der Waals surface area contributed by atoms with Gasteiger partial charge in [-0.3, -0.25) is 14.8 Å². The second-order valence-electron chi connectivity index (χ2n) is 7.13. The smallest absolute Gasteiger partial charge is 0.160 e. The van der Waals surface area contributed by atoms with Crippen LogP contribution in [0.5, 0.6) is 0 Å². The van der Waals surface area contributed by atoms with Crippen molar-refractivity contribution in [3.63, 3.8) is 0 Å². The van der Waals surface area contributed by atoms with E-state index in [0.29, 0.717) is 21.9 Å². The first-order valence-corrected chi connectivity index (χ1v) is 10.2. The van der Waals surface area contributed by atoms with Crippen LogP contribution in [0.25, 0.3) is 22.2 Å². The summed E-state index contributed by atoms with van der Waals surface area (Å²) in [6.45, 7) is 2.06. The molecule has 9 heteroatoms. The number of aromatic amines is 1. The van der Waals surface area contributed by atoms with Gasteiger partial charge in [0.05, 0.1) is 39.7 Å². The van der Waals surface area contributed by atoms with Crippen molar-refractivity contribution in [3.05, 3.63) is 52.9 Å². The zero-order chi connectivity index (χ0) is 19.8. The lowest BCUT2D eigenvalue weighted by atomic mass is 10.1. The van der Waals surface area contributed by atoms with Crippen LogP contribution in [0.15, 0.2) is 42.9 Å². The molecule has 0 amide bonds. The van der Waals surface area contributed by atoms with E-state index in [4.69, 9.17) is 23.2 Å². The summed E-state index contributed by atoms with van der Waals surface area (Å²) in [5, 5.41) is 20.6. The van der Waals surface area contributed by atoms with Gasteiger partial charge in [0, 0.05) is 22.8 Å². The predicted octanol–water partition coefficient (Wildman–Crippen LogP) is 4.80. The Labute approximate surface area is 177 Å². The molecule has 1 saturated heterocycles. The minimum absolute atomic E-state index is 0.439. The van der Waals surface area contributed by atoms with Crippen LogP contribution in [-0.2, 0) is 0 Å². The minimum Gasteiger partial charge on any atom is -0.338 e. The van der Waals surface area contributed by atoms with Crippen molar-refractivity contribution in [2.75, 3.05) is 18.4 Å². The standard InChI is InChI=1S/C20H19Cl2N7/c21-16-2-1-13(7-17(16)22)26-20-15-8-18(24-10-19(15)27-28-20)12-9-25-29(11-12)14-3-5-23-6-4-14/h1-2,7-11,14,23H,3-6H2,(H2,26,27,28). The SMILES string of the molecule is Clc1ccc(Nc2n[nH]c3cnc(-c4cnn(C5CCNCC5)c4)cc23)cc1Cl. The van der Waals surface area contributed by atoms with Gasteiger partial charge in [0.1, 0.15) is 0 Å². The Hall–Kier alpha value is -2.61. The van der Waals surface area contributed by atoms with E-state index in [1.807, 2.05) is 18.3 Å². The van der Waals surface area contributed by atoms with E-state index in [-0.39, 0.29) is 0 Å². The maximum absolute atomic E-state index is 6.12. The molecule has 7 nitrogen and oxygen atoms in total. The fraction of sp³-hybridized carbons (Fsp3) is 0.250. The van der Waals surface area contributed by atoms with Crippen LogP contribution < -0.4 is 10.6 Å². The lowest BCUT2D eigenvalue weighted by molar-refractivity contribution is 0.343. The van der Waals surface area contributed by atoms with Crippen molar-refractivity contribution in [3.8, 4) is 11.3 Å². The molecule has 4 heterocycles. The number of fused-ring (bicyclic) bond motifs is 1. The second-order valence-corrected chi connectivity index (χ2v) is 7.95. The summed E-state index contributed by atoms with van der Waals surface area (Å²) < 4.78 is 2.06. The molecule has 29 heavy (non-hydrogen) atoms. The van der Waals surface area contributed by atoms with Crippen LogP contribution in [-0.4, -0.2) is 38.1 Å². The molecule has 0 aliphatic carbocycles. The fourth-order valence-corrected chi connectivity index (χ4v) is 3.92. The number of hydrogen-bond donors (Lipinski definition) is 3. The van der Waals surface area contributed by atoms with Crippen molar-refractivity contribution in [1.82, 2.24) is 30.3 Å². The number of nitrogens with zero attached hydrogens (tertiary/aromatic N) is 4. The zero-order valence-corrected chi connectivity index (χ0v) is 17.0. The quantitative estimate of drug-likeness (QED) is 0.435. The highest BCUT2D eigenvalue weighted by Gasteiger charge is 2.17. The number of anilines is 2. The first kappa shape index (κ1) is 18.4. The maximum Gasteiger partial charge on any atom is 0.160 e. The van der Waals surface area contributed by atoms with Crippen molar-refractivity contribution in [2.24, 2.45) is 0 Å². The van der Waals surface area contributed by atoms with E-state index >= 15 is 0 Å². The molecule has 148 valence electrons. The normalized spacial score (nSPS) is 15.1. The van der Waals surface area contributed by atoms with Gasteiger partial charge in [-0.15, -0.1) is 0 Å². The number of pyridine rings is 1. The Kier molecular flexibility index (Phi) is 4.87. The Balaban J connectivity index is 1.45. The number of hydrogen-bond acceptors (Lipinski definition) is 5. The molecule has 0 unspecified atom stereocenters. The number of piperidine rings is 1. The first-order chi connectivity index (χ1) is 14.2. The Bertz CT molecular complexity index is 1160. The monoisotopic (exact) mass is 427 g/mol. The first-order valence-electron chi connectivity index (χ1n) is 9.49. The van der Waals surface area contributed by atoms with E-state index < -0.39 is 0 Å². The maximum atomic E-state index is 6.12. The molecule has 1 aliphatic heterocycles. The topological polar surface area (TPSA) is 83.5 Å². The highest BCUT2D eigenvalue weighted by atomic mass is 35.5. The summed E-state index contributed by atoms with van der Waals surface area (Å²) in [5.74, 6) is 0.702. The number of benzene rings is 1. The predicted molar refractivity (Wildman–Crippen MR) is 116 cm³/mol. The number of nitrogens with one attached hydrogen (secondary N) is 3. The van der Waals surface area contributed by atoms with E-state index in [1.165, 1.54) is 0 Å². The van der Waals surface area contributed by atoms with Gasteiger partial charge < -0.3 is 10.6 Å². The summed E-state index contributed by atoms with van der Waals surface area (Å²) in [4.78, 5) is 4.58. The fourth-order valence-electron chi connectivity index (χ4n) is 3.62. The van der Waals surface area contributed by atoms with Crippen molar-refractivity contribution < 1.29 is 0 Å². The van der Waals surface area contributed by atoms with Crippen LogP contribution in [0, 0.1) is 0 Å². The molecular formula is C20H19Cl2N7. The van der Waals surface area contributed by atoms with Crippen LogP contribution >= 0.6 is 23.2 Å². The molecule has 3 N–H and O–H groups in total. The molecule has 0 saturated carbocycles. The molecule has 0 atom stereocenters. The molecule has 1 aliphatic rings. The van der Waals surface area contributed by atoms with Gasteiger partial charge in [0.15, 0.2) is 5.82 Å². The van der Waals surface area contributed by atoms with Gasteiger partial charge in [0.2, 0.25) is 0 Å². The Morgan fingerprint density at radius 2 is 1.93 bits per heavy atom. The summed E-state index contributed by atoms with van der Waals surface area (Å²) in [6, 6.07) is 7.84. The molecule has 0 radical (unpaired) electrons. The number of aromatic nitrogens is 5. The van der Waals surface area contributed by atoms with E-state index in [9.17, 15) is 0 Å². The molecule has 0 spiro atoms. The summed E-state index contributed by atoms with van der Waals surface area (Å²) in [5.41, 5.74) is 3.51. The van der Waals surface area contributed by atoms with Crippen LogP contribution in [0.2, 0.25) is 10.0 Å². The molecule has 1 aromatic carbocycles. The van der Waals surface area contributed by atoms with Gasteiger partial charge in [-0.2, -0.15) is 10.2 Å². The van der Waals surface area contributed by atoms with Gasteiger partial charge in [-0.05, 0) is 50.2 Å². The number of halogens is 2. The zero-order valence-electron chi connectivity index (χ0n) is 15.5. The number of H-pyrrole nitrogens is 1. The highest BCUT2D eigenvalue weighted by Crippen LogP contribution is 2.31. The average Bonchev–Trinajstić information content (AvgIpc) is 3.39. The lowest BCUT2D eigenvalue weighted by Crippen LogP contribution is -2.29. The summed E-state index contributed by atoms with van der Waals surface area (Å²) >= 11 is 12.1. The Morgan fingerprint density at radius 1 is 1.07 bits per heavy atom. The van der Waals surface area contributed by atoms with Gasteiger partial charge in [-0.25, -0.2) is 0 Å². The summed E-state index contributed by atoms with van der Waals surface area (Å²) in [7, 11) is 0. The molecule has 5 rings (SSSR count). The molecule has 3 aromatic heterocycles. The van der Waals surface area contributed by atoms with Crippen LogP contribution in [0.1, 0.15) is 18.9 Å². The molecule has 1 fully saturated rings. The molecule has 0 bridgehead atoms. The van der Waals surface area contributed by atoms with Crippen molar-refractivity contribution in [1.29, 1.82) is 0 Å². The van der Waals surface area contributed by atoms with E-state index in [2.05, 4.69) is 41.8 Å². The van der Waals surface area contributed by atoms with Crippen LogP contribution in [0.4, 0.5) is 11.5 Å². The second kappa shape index (κ2) is 7.67. The van der Waals surface area contributed by atoms with E-state index in [0.717, 1.165) is 53.8 Å². The Morgan fingerprint density at radius 3 is 2.76 bits per heavy atom. The largest absolute Gasteiger partial charge is 0.338 e.